The molecule has 1 amide bonds. The van der Waals surface area contributed by atoms with Crippen molar-refractivity contribution in [1.82, 2.24) is 10.2 Å². The summed E-state index contributed by atoms with van der Waals surface area (Å²) in [4.78, 5) is 15.3. The van der Waals surface area contributed by atoms with E-state index in [0.29, 0.717) is 0 Å². The van der Waals surface area contributed by atoms with Crippen LogP contribution in [0.15, 0.2) is 65.6 Å². The van der Waals surface area contributed by atoms with Gasteiger partial charge >= 0.3 is 0 Å². The van der Waals surface area contributed by atoms with Gasteiger partial charge in [0.2, 0.25) is 5.91 Å². The number of hydrogen-bond donors (Lipinski definition) is 1. The van der Waals surface area contributed by atoms with E-state index in [1.165, 1.54) is 36.7 Å². The Labute approximate surface area is 186 Å². The fourth-order valence-corrected chi connectivity index (χ4v) is 4.19. The summed E-state index contributed by atoms with van der Waals surface area (Å²) >= 11 is 1.37. The number of rotatable bonds is 6. The van der Waals surface area contributed by atoms with Crippen LogP contribution in [0.25, 0.3) is 11.3 Å². The molecular weight excluding hydrogens is 411 g/mol. The molecule has 0 bridgehead atoms. The van der Waals surface area contributed by atoms with Crippen LogP contribution < -0.4 is 10.2 Å². The van der Waals surface area contributed by atoms with Crippen LogP contribution in [-0.4, -0.2) is 34.9 Å². The minimum Gasteiger partial charge on any atom is -0.355 e. The van der Waals surface area contributed by atoms with Gasteiger partial charge in [0.15, 0.2) is 5.82 Å². The summed E-state index contributed by atoms with van der Waals surface area (Å²) in [5.74, 6) is 1.58. The number of benzene rings is 2. The SMILES string of the molecule is CC1CCN(c2ccc(-c3ccc(NC(=O)CSc4ccc(F)cc4)cc3)nn2)CC1. The van der Waals surface area contributed by atoms with Crippen molar-refractivity contribution in [3.63, 3.8) is 0 Å². The van der Waals surface area contributed by atoms with Crippen molar-refractivity contribution in [2.24, 2.45) is 5.92 Å². The maximum atomic E-state index is 12.9. The lowest BCUT2D eigenvalue weighted by Crippen LogP contribution is -2.33. The summed E-state index contributed by atoms with van der Waals surface area (Å²) in [5, 5.41) is 11.7. The number of nitrogens with one attached hydrogen (secondary N) is 1. The third kappa shape index (κ3) is 5.82. The summed E-state index contributed by atoms with van der Waals surface area (Å²) in [7, 11) is 0. The molecule has 2 aromatic carbocycles. The van der Waals surface area contributed by atoms with Gasteiger partial charge in [0.1, 0.15) is 5.82 Å². The summed E-state index contributed by atoms with van der Waals surface area (Å²) in [6.45, 7) is 4.36. The first kappa shape index (κ1) is 21.3. The Balaban J connectivity index is 1.31. The Hall–Kier alpha value is -2.93. The zero-order chi connectivity index (χ0) is 21.6. The summed E-state index contributed by atoms with van der Waals surface area (Å²) in [5.41, 5.74) is 2.48. The predicted octanol–water partition coefficient (Wildman–Crippen LogP) is 5.25. The molecule has 0 aliphatic carbocycles. The van der Waals surface area contributed by atoms with Crippen LogP contribution in [0.1, 0.15) is 19.8 Å². The number of halogens is 1. The Morgan fingerprint density at radius 2 is 1.74 bits per heavy atom. The molecule has 0 saturated carbocycles. The van der Waals surface area contributed by atoms with E-state index in [-0.39, 0.29) is 17.5 Å². The van der Waals surface area contributed by atoms with E-state index in [1.54, 1.807) is 12.1 Å². The normalized spacial score (nSPS) is 14.5. The molecule has 0 radical (unpaired) electrons. The van der Waals surface area contributed by atoms with Gasteiger partial charge in [-0.05, 0) is 67.3 Å². The highest BCUT2D eigenvalue weighted by atomic mass is 32.2. The van der Waals surface area contributed by atoms with Crippen molar-refractivity contribution in [1.29, 1.82) is 0 Å². The van der Waals surface area contributed by atoms with Gasteiger partial charge < -0.3 is 10.2 Å². The summed E-state index contributed by atoms with van der Waals surface area (Å²) in [6.07, 6.45) is 2.39. The highest BCUT2D eigenvalue weighted by Crippen LogP contribution is 2.24. The second-order valence-electron chi connectivity index (χ2n) is 7.81. The molecule has 0 unspecified atom stereocenters. The number of carbonyl (C=O) groups excluding carboxylic acids is 1. The molecule has 2 heterocycles. The molecule has 0 atom stereocenters. The lowest BCUT2D eigenvalue weighted by atomic mass is 9.99. The van der Waals surface area contributed by atoms with E-state index in [1.807, 2.05) is 36.4 Å². The van der Waals surface area contributed by atoms with Gasteiger partial charge in [-0.15, -0.1) is 22.0 Å². The van der Waals surface area contributed by atoms with Crippen molar-refractivity contribution in [2.75, 3.05) is 29.1 Å². The van der Waals surface area contributed by atoms with Gasteiger partial charge in [0.05, 0.1) is 11.4 Å². The Morgan fingerprint density at radius 1 is 1.03 bits per heavy atom. The summed E-state index contributed by atoms with van der Waals surface area (Å²) < 4.78 is 12.9. The largest absolute Gasteiger partial charge is 0.355 e. The predicted molar refractivity (Wildman–Crippen MR) is 124 cm³/mol. The standard InChI is InChI=1S/C24H25FN4OS/c1-17-12-14-29(15-13-17)23-11-10-22(27-28-23)18-2-6-20(7-3-18)26-24(30)16-31-21-8-4-19(25)5-9-21/h2-11,17H,12-16H2,1H3,(H,26,30). The molecule has 7 heteroatoms. The van der Waals surface area contributed by atoms with Gasteiger partial charge in [0.25, 0.3) is 0 Å². The molecule has 1 fully saturated rings. The van der Waals surface area contributed by atoms with Gasteiger partial charge in [0, 0.05) is 29.2 Å². The van der Waals surface area contributed by atoms with Crippen LogP contribution in [0, 0.1) is 11.7 Å². The maximum absolute atomic E-state index is 12.9. The molecule has 1 saturated heterocycles. The van der Waals surface area contributed by atoms with Gasteiger partial charge in [-0.25, -0.2) is 4.39 Å². The number of piperidine rings is 1. The van der Waals surface area contributed by atoms with Crippen LogP contribution in [0.4, 0.5) is 15.9 Å². The minimum atomic E-state index is -0.283. The topological polar surface area (TPSA) is 58.1 Å². The number of carbonyl (C=O) groups is 1. The number of amides is 1. The van der Waals surface area contributed by atoms with E-state index < -0.39 is 0 Å². The van der Waals surface area contributed by atoms with Crippen molar-refractivity contribution in [3.05, 3.63) is 66.5 Å². The summed E-state index contributed by atoms with van der Waals surface area (Å²) in [6, 6.07) is 17.7. The Morgan fingerprint density at radius 3 is 2.39 bits per heavy atom. The van der Waals surface area contributed by atoms with E-state index in [0.717, 1.165) is 46.7 Å². The Bertz CT molecular complexity index is 1000. The number of thioether (sulfide) groups is 1. The van der Waals surface area contributed by atoms with Crippen LogP contribution in [0.2, 0.25) is 0 Å². The van der Waals surface area contributed by atoms with Crippen LogP contribution in [0.5, 0.6) is 0 Å². The first-order chi connectivity index (χ1) is 15.1. The van der Waals surface area contributed by atoms with Gasteiger partial charge in [-0.2, -0.15) is 0 Å². The third-order valence-corrected chi connectivity index (χ3v) is 6.42. The van der Waals surface area contributed by atoms with Crippen LogP contribution >= 0.6 is 11.8 Å². The molecule has 31 heavy (non-hydrogen) atoms. The van der Waals surface area contributed by atoms with Crippen LogP contribution in [0.3, 0.4) is 0 Å². The van der Waals surface area contributed by atoms with Crippen LogP contribution in [-0.2, 0) is 4.79 Å². The average molecular weight is 437 g/mol. The van der Waals surface area contributed by atoms with E-state index >= 15 is 0 Å². The zero-order valence-electron chi connectivity index (χ0n) is 17.4. The monoisotopic (exact) mass is 436 g/mol. The lowest BCUT2D eigenvalue weighted by molar-refractivity contribution is -0.113. The molecule has 3 aromatic rings. The maximum Gasteiger partial charge on any atom is 0.234 e. The zero-order valence-corrected chi connectivity index (χ0v) is 18.2. The second-order valence-corrected chi connectivity index (χ2v) is 8.86. The molecule has 1 N–H and O–H groups in total. The highest BCUT2D eigenvalue weighted by molar-refractivity contribution is 8.00. The number of hydrogen-bond acceptors (Lipinski definition) is 5. The van der Waals surface area contributed by atoms with E-state index in [9.17, 15) is 9.18 Å². The lowest BCUT2D eigenvalue weighted by Gasteiger charge is -2.30. The van der Waals surface area contributed by atoms with Gasteiger partial charge in [-0.3, -0.25) is 4.79 Å². The fourth-order valence-electron chi connectivity index (χ4n) is 3.49. The molecule has 5 nitrogen and oxygen atoms in total. The fraction of sp³-hybridized carbons (Fsp3) is 0.292. The molecule has 0 spiro atoms. The third-order valence-electron chi connectivity index (χ3n) is 5.41. The number of nitrogens with zero attached hydrogens (tertiary/aromatic N) is 3. The molecular formula is C24H25FN4OS. The molecule has 1 aliphatic rings. The highest BCUT2D eigenvalue weighted by Gasteiger charge is 2.17. The number of aromatic nitrogens is 2. The smallest absolute Gasteiger partial charge is 0.234 e. The number of anilines is 2. The minimum absolute atomic E-state index is 0.109. The molecule has 1 aliphatic heterocycles. The first-order valence-electron chi connectivity index (χ1n) is 10.4. The molecule has 160 valence electrons. The van der Waals surface area contributed by atoms with Crippen molar-refractivity contribution >= 4 is 29.2 Å². The molecule has 1 aromatic heterocycles. The second kappa shape index (κ2) is 9.92. The quantitative estimate of drug-likeness (QED) is 0.535. The first-order valence-corrected chi connectivity index (χ1v) is 11.4. The van der Waals surface area contributed by atoms with Crippen molar-refractivity contribution in [3.8, 4) is 11.3 Å². The van der Waals surface area contributed by atoms with Crippen molar-refractivity contribution < 1.29 is 9.18 Å². The van der Waals surface area contributed by atoms with Crippen molar-refractivity contribution in [2.45, 2.75) is 24.7 Å². The average Bonchev–Trinajstić information content (AvgIpc) is 2.80. The van der Waals surface area contributed by atoms with E-state index in [2.05, 4.69) is 27.3 Å². The molecule has 4 rings (SSSR count). The van der Waals surface area contributed by atoms with E-state index in [4.69, 9.17) is 0 Å². The Kier molecular flexibility index (Phi) is 6.82. The van der Waals surface area contributed by atoms with Gasteiger partial charge in [-0.1, -0.05) is 19.1 Å².